The first kappa shape index (κ1) is 12.7. The lowest BCUT2D eigenvalue weighted by Gasteiger charge is -2.14. The standard InChI is InChI=1S/C10H10Cl2N4S/c11-7-3-1-2-6(10(7)12)4-8(15-13)9-5-14-17-16-9/h1-3,5,8,15H,4,13H2. The molecule has 17 heavy (non-hydrogen) atoms. The van der Waals surface area contributed by atoms with Crippen LogP contribution in [0.1, 0.15) is 17.3 Å². The average molecular weight is 289 g/mol. The summed E-state index contributed by atoms with van der Waals surface area (Å²) in [5.41, 5.74) is 4.43. The van der Waals surface area contributed by atoms with Crippen LogP contribution in [-0.4, -0.2) is 8.75 Å². The highest BCUT2D eigenvalue weighted by atomic mass is 35.5. The van der Waals surface area contributed by atoms with Gasteiger partial charge in [0.15, 0.2) is 0 Å². The summed E-state index contributed by atoms with van der Waals surface area (Å²) in [6, 6.07) is 5.40. The Morgan fingerprint density at radius 3 is 2.88 bits per heavy atom. The Kier molecular flexibility index (Phi) is 4.31. The molecule has 0 saturated carbocycles. The van der Waals surface area contributed by atoms with Crippen LogP contribution in [-0.2, 0) is 6.42 Å². The number of hydrogen-bond acceptors (Lipinski definition) is 5. The molecule has 0 saturated heterocycles. The minimum absolute atomic E-state index is 0.121. The van der Waals surface area contributed by atoms with Gasteiger partial charge in [-0.25, -0.2) is 0 Å². The highest BCUT2D eigenvalue weighted by Crippen LogP contribution is 2.28. The topological polar surface area (TPSA) is 63.8 Å². The van der Waals surface area contributed by atoms with Crippen LogP contribution in [0.2, 0.25) is 10.0 Å². The van der Waals surface area contributed by atoms with Crippen molar-refractivity contribution in [3.8, 4) is 0 Å². The number of nitrogens with one attached hydrogen (secondary N) is 1. The van der Waals surface area contributed by atoms with Gasteiger partial charge < -0.3 is 0 Å². The van der Waals surface area contributed by atoms with Gasteiger partial charge in [0.2, 0.25) is 0 Å². The van der Waals surface area contributed by atoms with Gasteiger partial charge >= 0.3 is 0 Å². The van der Waals surface area contributed by atoms with Gasteiger partial charge in [0.25, 0.3) is 0 Å². The van der Waals surface area contributed by atoms with Gasteiger partial charge in [0, 0.05) is 0 Å². The second-order valence-electron chi connectivity index (χ2n) is 3.47. The molecule has 1 atom stereocenters. The van der Waals surface area contributed by atoms with E-state index in [-0.39, 0.29) is 6.04 Å². The molecule has 4 nitrogen and oxygen atoms in total. The zero-order valence-corrected chi connectivity index (χ0v) is 11.1. The molecule has 0 aliphatic carbocycles. The Labute approximate surface area is 113 Å². The number of hydrogen-bond donors (Lipinski definition) is 2. The zero-order valence-electron chi connectivity index (χ0n) is 8.73. The Hall–Kier alpha value is -0.720. The number of nitrogens with zero attached hydrogens (tertiary/aromatic N) is 2. The molecule has 1 heterocycles. The monoisotopic (exact) mass is 288 g/mol. The van der Waals surface area contributed by atoms with Crippen molar-refractivity contribution in [2.45, 2.75) is 12.5 Å². The van der Waals surface area contributed by atoms with E-state index in [1.807, 2.05) is 12.1 Å². The number of rotatable bonds is 4. The second-order valence-corrected chi connectivity index (χ2v) is 4.81. The molecule has 0 amide bonds. The Morgan fingerprint density at radius 2 is 2.24 bits per heavy atom. The van der Waals surface area contributed by atoms with Gasteiger partial charge in [0.05, 0.1) is 39.7 Å². The van der Waals surface area contributed by atoms with Crippen molar-refractivity contribution in [2.75, 3.05) is 0 Å². The van der Waals surface area contributed by atoms with E-state index in [2.05, 4.69) is 14.2 Å². The van der Waals surface area contributed by atoms with E-state index in [9.17, 15) is 0 Å². The van der Waals surface area contributed by atoms with Crippen molar-refractivity contribution < 1.29 is 0 Å². The summed E-state index contributed by atoms with van der Waals surface area (Å²) in [5.74, 6) is 5.51. The predicted octanol–water partition coefficient (Wildman–Crippen LogP) is 2.59. The number of benzene rings is 1. The van der Waals surface area contributed by atoms with Gasteiger partial charge in [-0.15, -0.1) is 0 Å². The molecule has 1 unspecified atom stereocenters. The molecule has 0 aliphatic heterocycles. The largest absolute Gasteiger partial charge is 0.271 e. The minimum Gasteiger partial charge on any atom is -0.271 e. The van der Waals surface area contributed by atoms with Crippen molar-refractivity contribution in [3.63, 3.8) is 0 Å². The third kappa shape index (κ3) is 2.94. The van der Waals surface area contributed by atoms with E-state index in [4.69, 9.17) is 29.0 Å². The lowest BCUT2D eigenvalue weighted by atomic mass is 10.0. The van der Waals surface area contributed by atoms with E-state index in [1.54, 1.807) is 12.3 Å². The van der Waals surface area contributed by atoms with Crippen LogP contribution in [0.25, 0.3) is 0 Å². The quantitative estimate of drug-likeness (QED) is 0.671. The maximum atomic E-state index is 6.12. The Bertz CT molecular complexity index is 489. The van der Waals surface area contributed by atoms with E-state index >= 15 is 0 Å². The van der Waals surface area contributed by atoms with Gasteiger partial charge in [-0.05, 0) is 18.1 Å². The third-order valence-electron chi connectivity index (χ3n) is 2.39. The maximum absolute atomic E-state index is 6.12. The van der Waals surface area contributed by atoms with E-state index in [0.29, 0.717) is 16.5 Å². The van der Waals surface area contributed by atoms with Crippen molar-refractivity contribution in [3.05, 3.63) is 45.7 Å². The van der Waals surface area contributed by atoms with Crippen LogP contribution in [0.15, 0.2) is 24.4 Å². The number of hydrazine groups is 1. The average Bonchev–Trinajstić information content (AvgIpc) is 2.85. The molecule has 2 aromatic rings. The van der Waals surface area contributed by atoms with Crippen LogP contribution in [0, 0.1) is 0 Å². The number of halogens is 2. The fourth-order valence-electron chi connectivity index (χ4n) is 1.50. The molecule has 3 N–H and O–H groups in total. The molecule has 0 spiro atoms. The molecule has 7 heteroatoms. The van der Waals surface area contributed by atoms with Crippen molar-refractivity contribution in [2.24, 2.45) is 5.84 Å². The van der Waals surface area contributed by atoms with Crippen LogP contribution < -0.4 is 11.3 Å². The molecule has 1 aromatic heterocycles. The highest BCUT2D eigenvalue weighted by Gasteiger charge is 2.15. The fourth-order valence-corrected chi connectivity index (χ4v) is 2.37. The predicted molar refractivity (Wildman–Crippen MR) is 70.1 cm³/mol. The lowest BCUT2D eigenvalue weighted by Crippen LogP contribution is -2.29. The number of aromatic nitrogens is 2. The first-order valence-corrected chi connectivity index (χ1v) is 6.37. The van der Waals surface area contributed by atoms with Crippen LogP contribution >= 0.6 is 34.9 Å². The molecule has 1 aromatic carbocycles. The second kappa shape index (κ2) is 5.75. The summed E-state index contributed by atoms with van der Waals surface area (Å²) in [4.78, 5) is 0. The molecular formula is C10H10Cl2N4S. The van der Waals surface area contributed by atoms with Crippen LogP contribution in [0.3, 0.4) is 0 Å². The summed E-state index contributed by atoms with van der Waals surface area (Å²) in [6.07, 6.45) is 2.30. The van der Waals surface area contributed by atoms with Gasteiger partial charge in [-0.3, -0.25) is 11.3 Å². The minimum atomic E-state index is -0.121. The number of nitrogens with two attached hydrogens (primary N) is 1. The molecular weight excluding hydrogens is 279 g/mol. The normalized spacial score (nSPS) is 12.6. The van der Waals surface area contributed by atoms with Gasteiger partial charge in [-0.1, -0.05) is 35.3 Å². The smallest absolute Gasteiger partial charge is 0.0929 e. The fraction of sp³-hybridized carbons (Fsp3) is 0.200. The molecule has 0 fully saturated rings. The summed E-state index contributed by atoms with van der Waals surface area (Å²) >= 11 is 13.2. The van der Waals surface area contributed by atoms with Crippen molar-refractivity contribution in [1.29, 1.82) is 0 Å². The van der Waals surface area contributed by atoms with Gasteiger partial charge in [0.1, 0.15) is 0 Å². The Morgan fingerprint density at radius 1 is 1.41 bits per heavy atom. The van der Waals surface area contributed by atoms with E-state index in [0.717, 1.165) is 23.0 Å². The van der Waals surface area contributed by atoms with Gasteiger partial charge in [-0.2, -0.15) is 8.75 Å². The highest BCUT2D eigenvalue weighted by molar-refractivity contribution is 6.99. The molecule has 90 valence electrons. The third-order valence-corrected chi connectivity index (χ3v) is 3.74. The first-order chi connectivity index (χ1) is 8.22. The zero-order chi connectivity index (χ0) is 12.3. The maximum Gasteiger partial charge on any atom is 0.0929 e. The molecule has 0 bridgehead atoms. The van der Waals surface area contributed by atoms with Crippen molar-refractivity contribution >= 4 is 34.9 Å². The Balaban J connectivity index is 2.22. The van der Waals surface area contributed by atoms with Crippen LogP contribution in [0.5, 0.6) is 0 Å². The SMILES string of the molecule is NNC(Cc1cccc(Cl)c1Cl)c1cnsn1. The summed E-state index contributed by atoms with van der Waals surface area (Å²) < 4.78 is 8.10. The van der Waals surface area contributed by atoms with E-state index < -0.39 is 0 Å². The summed E-state index contributed by atoms with van der Waals surface area (Å²) in [7, 11) is 0. The summed E-state index contributed by atoms with van der Waals surface area (Å²) in [6.45, 7) is 0. The first-order valence-electron chi connectivity index (χ1n) is 4.89. The van der Waals surface area contributed by atoms with Crippen LogP contribution in [0.4, 0.5) is 0 Å². The lowest BCUT2D eigenvalue weighted by molar-refractivity contribution is 0.542. The molecule has 0 aliphatic rings. The van der Waals surface area contributed by atoms with E-state index in [1.165, 1.54) is 0 Å². The van der Waals surface area contributed by atoms with Crippen molar-refractivity contribution in [1.82, 2.24) is 14.2 Å². The summed E-state index contributed by atoms with van der Waals surface area (Å²) in [5, 5.41) is 1.09. The molecule has 2 rings (SSSR count). The molecule has 0 radical (unpaired) electrons.